The molecule has 1 N–H and O–H groups in total. The molecule has 0 fully saturated rings. The predicted octanol–water partition coefficient (Wildman–Crippen LogP) is 5.14. The number of nitrogens with zero attached hydrogens (tertiary/aromatic N) is 1. The van der Waals surface area contributed by atoms with Crippen molar-refractivity contribution in [3.63, 3.8) is 0 Å². The summed E-state index contributed by atoms with van der Waals surface area (Å²) in [5.74, 6) is 0. The van der Waals surface area contributed by atoms with Gasteiger partial charge in [-0.2, -0.15) is 5.26 Å². The molecule has 0 atom stereocenters. The average Bonchev–Trinajstić information content (AvgIpc) is 2.27. The second-order valence-electron chi connectivity index (χ2n) is 3.95. The molecule has 0 aliphatic rings. The van der Waals surface area contributed by atoms with E-state index >= 15 is 0 Å². The van der Waals surface area contributed by atoms with E-state index in [2.05, 4.69) is 55.4 Å². The molecule has 0 aliphatic heterocycles. The number of nitriles is 1. The number of anilines is 2. The molecular formula is C14H10Br2N2. The third-order valence-corrected chi connectivity index (χ3v) is 3.53. The average molecular weight is 366 g/mol. The maximum atomic E-state index is 8.87. The van der Waals surface area contributed by atoms with Crippen molar-refractivity contribution in [2.24, 2.45) is 0 Å². The third-order valence-electron chi connectivity index (χ3n) is 2.42. The van der Waals surface area contributed by atoms with Crippen LogP contribution in [-0.2, 0) is 0 Å². The summed E-state index contributed by atoms with van der Waals surface area (Å²) in [4.78, 5) is 0. The molecule has 2 nitrogen and oxygen atoms in total. The van der Waals surface area contributed by atoms with Gasteiger partial charge in [0, 0.05) is 20.3 Å². The molecule has 2 rings (SSSR count). The van der Waals surface area contributed by atoms with E-state index in [9.17, 15) is 0 Å². The summed E-state index contributed by atoms with van der Waals surface area (Å²) in [7, 11) is 0. The summed E-state index contributed by atoms with van der Waals surface area (Å²) in [6.07, 6.45) is 0. The number of aryl methyl sites for hydroxylation is 1. The summed E-state index contributed by atoms with van der Waals surface area (Å²) < 4.78 is 1.83. The maximum absolute atomic E-state index is 8.87. The Balaban J connectivity index is 2.29. The summed E-state index contributed by atoms with van der Waals surface area (Å²) in [5, 5.41) is 12.2. The minimum atomic E-state index is 0.631. The lowest BCUT2D eigenvalue weighted by Gasteiger charge is -2.09. The first kappa shape index (κ1) is 13.1. The van der Waals surface area contributed by atoms with E-state index in [4.69, 9.17) is 5.26 Å². The van der Waals surface area contributed by atoms with E-state index in [0.29, 0.717) is 5.56 Å². The fourth-order valence-corrected chi connectivity index (χ4v) is 2.73. The zero-order chi connectivity index (χ0) is 13.1. The van der Waals surface area contributed by atoms with E-state index in [1.807, 2.05) is 25.1 Å². The Morgan fingerprint density at radius 1 is 1.06 bits per heavy atom. The van der Waals surface area contributed by atoms with Gasteiger partial charge in [0.1, 0.15) is 6.07 Å². The highest BCUT2D eigenvalue weighted by molar-refractivity contribution is 9.10. The number of benzene rings is 2. The first-order chi connectivity index (χ1) is 8.58. The van der Waals surface area contributed by atoms with Gasteiger partial charge in [-0.3, -0.25) is 0 Å². The lowest BCUT2D eigenvalue weighted by Crippen LogP contribution is -1.92. The monoisotopic (exact) mass is 364 g/mol. The summed E-state index contributed by atoms with van der Waals surface area (Å²) >= 11 is 6.85. The number of hydrogen-bond donors (Lipinski definition) is 1. The molecule has 4 heteroatoms. The van der Waals surface area contributed by atoms with Crippen molar-refractivity contribution in [1.82, 2.24) is 0 Å². The molecule has 18 heavy (non-hydrogen) atoms. The van der Waals surface area contributed by atoms with Crippen molar-refractivity contribution in [2.45, 2.75) is 6.92 Å². The fraction of sp³-hybridized carbons (Fsp3) is 0.0714. The summed E-state index contributed by atoms with van der Waals surface area (Å²) in [6.45, 7) is 2.05. The zero-order valence-corrected chi connectivity index (χ0v) is 12.8. The van der Waals surface area contributed by atoms with E-state index in [-0.39, 0.29) is 0 Å². The Hall–Kier alpha value is -1.31. The van der Waals surface area contributed by atoms with Crippen LogP contribution in [0.1, 0.15) is 11.1 Å². The van der Waals surface area contributed by atoms with Crippen molar-refractivity contribution in [2.75, 3.05) is 5.32 Å². The Labute approximate surface area is 123 Å². The molecule has 0 amide bonds. The number of halogens is 2. The van der Waals surface area contributed by atoms with Crippen LogP contribution >= 0.6 is 31.9 Å². The molecule has 0 unspecified atom stereocenters. The van der Waals surface area contributed by atoms with Gasteiger partial charge in [0.05, 0.1) is 5.56 Å². The lowest BCUT2D eigenvalue weighted by molar-refractivity contribution is 1.42. The molecule has 0 aliphatic carbocycles. The first-order valence-corrected chi connectivity index (χ1v) is 6.91. The van der Waals surface area contributed by atoms with Crippen LogP contribution in [0.5, 0.6) is 0 Å². The molecule has 2 aromatic rings. The number of rotatable bonds is 2. The topological polar surface area (TPSA) is 35.8 Å². The number of nitrogens with one attached hydrogen (secondary N) is 1. The van der Waals surface area contributed by atoms with Crippen LogP contribution in [0.4, 0.5) is 11.4 Å². The second kappa shape index (κ2) is 5.55. The van der Waals surface area contributed by atoms with Crippen LogP contribution < -0.4 is 5.32 Å². The van der Waals surface area contributed by atoms with Crippen LogP contribution in [0.15, 0.2) is 45.3 Å². The van der Waals surface area contributed by atoms with Gasteiger partial charge < -0.3 is 5.32 Å². The minimum absolute atomic E-state index is 0.631. The Morgan fingerprint density at radius 3 is 2.44 bits per heavy atom. The van der Waals surface area contributed by atoms with Crippen LogP contribution in [-0.4, -0.2) is 0 Å². The molecule has 0 saturated heterocycles. The molecule has 0 spiro atoms. The Morgan fingerprint density at radius 2 is 1.83 bits per heavy atom. The molecule has 0 radical (unpaired) electrons. The highest BCUT2D eigenvalue weighted by Crippen LogP contribution is 2.26. The molecular weight excluding hydrogens is 356 g/mol. The Bertz CT molecular complexity index is 610. The highest BCUT2D eigenvalue weighted by Gasteiger charge is 2.02. The molecule has 0 aromatic heterocycles. The molecule has 90 valence electrons. The van der Waals surface area contributed by atoms with E-state index in [1.165, 1.54) is 5.56 Å². The normalized spacial score (nSPS) is 9.89. The molecule has 0 heterocycles. The summed E-state index contributed by atoms with van der Waals surface area (Å²) in [5.41, 5.74) is 3.77. The minimum Gasteiger partial charge on any atom is -0.355 e. The quantitative estimate of drug-likeness (QED) is 0.800. The van der Waals surface area contributed by atoms with Crippen molar-refractivity contribution in [1.29, 1.82) is 5.26 Å². The van der Waals surface area contributed by atoms with Crippen LogP contribution in [0.3, 0.4) is 0 Å². The molecule has 2 aromatic carbocycles. The van der Waals surface area contributed by atoms with Gasteiger partial charge in [-0.05, 0) is 64.8 Å². The second-order valence-corrected chi connectivity index (χ2v) is 5.72. The smallest absolute Gasteiger partial charge is 0.100 e. The maximum Gasteiger partial charge on any atom is 0.100 e. The van der Waals surface area contributed by atoms with Crippen molar-refractivity contribution >= 4 is 43.2 Å². The summed E-state index contributed by atoms with van der Waals surface area (Å²) in [6, 6.07) is 13.8. The number of hydrogen-bond acceptors (Lipinski definition) is 2. The molecule has 0 bridgehead atoms. The van der Waals surface area contributed by atoms with Gasteiger partial charge in [0.2, 0.25) is 0 Å². The van der Waals surface area contributed by atoms with Gasteiger partial charge in [-0.25, -0.2) is 0 Å². The van der Waals surface area contributed by atoms with Crippen LogP contribution in [0.25, 0.3) is 0 Å². The highest BCUT2D eigenvalue weighted by atomic mass is 79.9. The van der Waals surface area contributed by atoms with E-state index in [1.54, 1.807) is 6.07 Å². The first-order valence-electron chi connectivity index (χ1n) is 5.32. The SMILES string of the molecule is Cc1cc(Br)cc(Nc2ccc(C#N)c(Br)c2)c1. The fourth-order valence-electron chi connectivity index (χ4n) is 1.66. The van der Waals surface area contributed by atoms with Crippen LogP contribution in [0.2, 0.25) is 0 Å². The van der Waals surface area contributed by atoms with Gasteiger partial charge >= 0.3 is 0 Å². The van der Waals surface area contributed by atoms with Gasteiger partial charge in [0.15, 0.2) is 0 Å². The largest absolute Gasteiger partial charge is 0.355 e. The van der Waals surface area contributed by atoms with Crippen molar-refractivity contribution in [3.8, 4) is 6.07 Å². The van der Waals surface area contributed by atoms with Gasteiger partial charge in [-0.15, -0.1) is 0 Å². The standard InChI is InChI=1S/C14H10Br2N2/c1-9-4-11(15)6-13(5-9)18-12-3-2-10(8-17)14(16)7-12/h2-7,18H,1H3. The Kier molecular flexibility index (Phi) is 4.05. The van der Waals surface area contributed by atoms with Gasteiger partial charge in [0.25, 0.3) is 0 Å². The van der Waals surface area contributed by atoms with Crippen molar-refractivity contribution in [3.05, 3.63) is 56.5 Å². The predicted molar refractivity (Wildman–Crippen MR) is 81.0 cm³/mol. The molecule has 0 saturated carbocycles. The van der Waals surface area contributed by atoms with Crippen molar-refractivity contribution < 1.29 is 0 Å². The third kappa shape index (κ3) is 3.12. The zero-order valence-electron chi connectivity index (χ0n) is 9.67. The van der Waals surface area contributed by atoms with Crippen LogP contribution in [0, 0.1) is 18.3 Å². The van der Waals surface area contributed by atoms with E-state index < -0.39 is 0 Å². The van der Waals surface area contributed by atoms with Gasteiger partial charge in [-0.1, -0.05) is 15.9 Å². The lowest BCUT2D eigenvalue weighted by atomic mass is 10.2. The van der Waals surface area contributed by atoms with E-state index in [0.717, 1.165) is 20.3 Å².